The van der Waals surface area contributed by atoms with Crippen molar-refractivity contribution in [3.05, 3.63) is 0 Å². The molecule has 2 saturated heterocycles. The third-order valence-electron chi connectivity index (χ3n) is 4.08. The Balaban J connectivity index is 2.00. The molecule has 2 aliphatic heterocycles. The van der Waals surface area contributed by atoms with Gasteiger partial charge in [0.15, 0.2) is 0 Å². The van der Waals surface area contributed by atoms with E-state index in [1.165, 1.54) is 12.8 Å². The largest absolute Gasteiger partial charge is 0.444 e. The summed E-state index contributed by atoms with van der Waals surface area (Å²) in [6.45, 7) is 7.85. The van der Waals surface area contributed by atoms with Crippen LogP contribution in [0.1, 0.15) is 59.3 Å². The van der Waals surface area contributed by atoms with Crippen molar-refractivity contribution >= 4 is 12.0 Å². The van der Waals surface area contributed by atoms with Gasteiger partial charge >= 0.3 is 6.09 Å². The maximum atomic E-state index is 12.7. The van der Waals surface area contributed by atoms with Crippen LogP contribution in [0.3, 0.4) is 0 Å². The molecular weight excluding hydrogens is 268 g/mol. The fourth-order valence-corrected chi connectivity index (χ4v) is 3.06. The molecule has 5 heteroatoms. The summed E-state index contributed by atoms with van der Waals surface area (Å²) in [7, 11) is 0. The van der Waals surface area contributed by atoms with E-state index in [1.807, 2.05) is 25.7 Å². The summed E-state index contributed by atoms with van der Waals surface area (Å²) < 4.78 is 5.43. The first-order valence-corrected chi connectivity index (χ1v) is 8.17. The molecule has 0 N–H and O–H groups in total. The van der Waals surface area contributed by atoms with Gasteiger partial charge in [0.25, 0.3) is 0 Å². The van der Waals surface area contributed by atoms with Crippen molar-refractivity contribution < 1.29 is 14.3 Å². The van der Waals surface area contributed by atoms with Crippen LogP contribution < -0.4 is 0 Å². The molecule has 0 aliphatic carbocycles. The fourth-order valence-electron chi connectivity index (χ4n) is 3.06. The van der Waals surface area contributed by atoms with Crippen LogP contribution in [0.2, 0.25) is 0 Å². The second-order valence-corrected chi connectivity index (χ2v) is 7.07. The molecule has 0 aromatic heterocycles. The molecule has 1 atom stereocenters. The number of likely N-dealkylation sites (tertiary alicyclic amines) is 2. The monoisotopic (exact) mass is 296 g/mol. The molecule has 2 rings (SSSR count). The standard InChI is InChI=1S/C16H28N2O3/c1-16(2,3)21-15(20)18-12-8-9-13(18)14(19)17-10-6-4-5-7-11-17/h13H,4-12H2,1-3H3/t13-/m0/s1. The van der Waals surface area contributed by atoms with Gasteiger partial charge in [-0.15, -0.1) is 0 Å². The van der Waals surface area contributed by atoms with E-state index in [4.69, 9.17) is 4.74 Å². The van der Waals surface area contributed by atoms with Crippen LogP contribution in [0.15, 0.2) is 0 Å². The molecule has 0 aromatic carbocycles. The van der Waals surface area contributed by atoms with Crippen molar-refractivity contribution in [3.8, 4) is 0 Å². The molecule has 0 bridgehead atoms. The average Bonchev–Trinajstić information content (AvgIpc) is 2.71. The highest BCUT2D eigenvalue weighted by atomic mass is 16.6. The van der Waals surface area contributed by atoms with Gasteiger partial charge in [-0.25, -0.2) is 4.79 Å². The van der Waals surface area contributed by atoms with Gasteiger partial charge in [0.1, 0.15) is 11.6 Å². The molecule has 0 unspecified atom stereocenters. The predicted octanol–water partition coefficient (Wildman–Crippen LogP) is 2.79. The number of carbonyl (C=O) groups is 2. The predicted molar refractivity (Wildman–Crippen MR) is 81.0 cm³/mol. The molecule has 2 amide bonds. The highest BCUT2D eigenvalue weighted by Gasteiger charge is 2.38. The molecule has 120 valence electrons. The van der Waals surface area contributed by atoms with Crippen molar-refractivity contribution in [1.29, 1.82) is 0 Å². The summed E-state index contributed by atoms with van der Waals surface area (Å²) in [4.78, 5) is 28.5. The summed E-state index contributed by atoms with van der Waals surface area (Å²) in [6, 6.07) is -0.321. The molecule has 21 heavy (non-hydrogen) atoms. The van der Waals surface area contributed by atoms with E-state index in [0.717, 1.165) is 38.8 Å². The lowest BCUT2D eigenvalue weighted by Gasteiger charge is -2.31. The molecule has 0 saturated carbocycles. The number of carbonyl (C=O) groups excluding carboxylic acids is 2. The minimum atomic E-state index is -0.518. The highest BCUT2D eigenvalue weighted by Crippen LogP contribution is 2.23. The van der Waals surface area contributed by atoms with Crippen LogP contribution in [-0.4, -0.2) is 53.1 Å². The van der Waals surface area contributed by atoms with Crippen molar-refractivity contribution in [2.75, 3.05) is 19.6 Å². The van der Waals surface area contributed by atoms with Crippen LogP contribution in [0.5, 0.6) is 0 Å². The molecule has 2 fully saturated rings. The van der Waals surface area contributed by atoms with Crippen molar-refractivity contribution in [2.24, 2.45) is 0 Å². The van der Waals surface area contributed by atoms with Gasteiger partial charge in [0, 0.05) is 19.6 Å². The smallest absolute Gasteiger partial charge is 0.410 e. The van der Waals surface area contributed by atoms with E-state index in [1.54, 1.807) is 4.90 Å². The second-order valence-electron chi connectivity index (χ2n) is 7.07. The number of nitrogens with zero attached hydrogens (tertiary/aromatic N) is 2. The lowest BCUT2D eigenvalue weighted by Crippen LogP contribution is -2.49. The van der Waals surface area contributed by atoms with Crippen LogP contribution >= 0.6 is 0 Å². The number of rotatable bonds is 1. The highest BCUT2D eigenvalue weighted by molar-refractivity contribution is 5.86. The average molecular weight is 296 g/mol. The van der Waals surface area contributed by atoms with Gasteiger partial charge in [-0.05, 0) is 46.5 Å². The van der Waals surface area contributed by atoms with Crippen molar-refractivity contribution in [1.82, 2.24) is 9.80 Å². The number of hydrogen-bond acceptors (Lipinski definition) is 3. The van der Waals surface area contributed by atoms with E-state index in [2.05, 4.69) is 0 Å². The van der Waals surface area contributed by atoms with Crippen molar-refractivity contribution in [3.63, 3.8) is 0 Å². The fraction of sp³-hybridized carbons (Fsp3) is 0.875. The number of amides is 2. The van der Waals surface area contributed by atoms with E-state index in [-0.39, 0.29) is 18.0 Å². The Morgan fingerprint density at radius 1 is 0.952 bits per heavy atom. The SMILES string of the molecule is CC(C)(C)OC(=O)N1CCC[C@H]1C(=O)N1CCCCCC1. The van der Waals surface area contributed by atoms with Crippen molar-refractivity contribution in [2.45, 2.75) is 70.9 Å². The Morgan fingerprint density at radius 2 is 1.57 bits per heavy atom. The second kappa shape index (κ2) is 6.67. The van der Waals surface area contributed by atoms with Crippen LogP contribution in [0, 0.1) is 0 Å². The van der Waals surface area contributed by atoms with Crippen LogP contribution in [-0.2, 0) is 9.53 Å². The number of hydrogen-bond donors (Lipinski definition) is 0. The summed E-state index contributed by atoms with van der Waals surface area (Å²) in [5.74, 6) is 0.111. The Hall–Kier alpha value is -1.26. The zero-order chi connectivity index (χ0) is 15.5. The van der Waals surface area contributed by atoms with E-state index in [0.29, 0.717) is 6.54 Å². The Morgan fingerprint density at radius 3 is 2.14 bits per heavy atom. The van der Waals surface area contributed by atoms with E-state index < -0.39 is 5.60 Å². The molecular formula is C16H28N2O3. The van der Waals surface area contributed by atoms with Gasteiger partial charge in [-0.2, -0.15) is 0 Å². The van der Waals surface area contributed by atoms with Gasteiger partial charge < -0.3 is 9.64 Å². The maximum Gasteiger partial charge on any atom is 0.410 e. The first kappa shape index (κ1) is 16.1. The zero-order valence-corrected chi connectivity index (χ0v) is 13.6. The summed E-state index contributed by atoms with van der Waals surface area (Å²) in [6.07, 6.45) is 5.83. The minimum absolute atomic E-state index is 0.111. The summed E-state index contributed by atoms with van der Waals surface area (Å²) in [5, 5.41) is 0. The Labute approximate surface area is 127 Å². The first-order chi connectivity index (χ1) is 9.88. The lowest BCUT2D eigenvalue weighted by molar-refractivity contribution is -0.135. The lowest BCUT2D eigenvalue weighted by atomic mass is 10.2. The molecule has 2 aliphatic rings. The van der Waals surface area contributed by atoms with Gasteiger partial charge in [-0.3, -0.25) is 9.69 Å². The van der Waals surface area contributed by atoms with Crippen LogP contribution in [0.25, 0.3) is 0 Å². The zero-order valence-electron chi connectivity index (χ0n) is 13.6. The molecule has 0 radical (unpaired) electrons. The molecule has 5 nitrogen and oxygen atoms in total. The van der Waals surface area contributed by atoms with Gasteiger partial charge in [0.05, 0.1) is 0 Å². The Bertz CT molecular complexity index is 381. The van der Waals surface area contributed by atoms with E-state index in [9.17, 15) is 9.59 Å². The summed E-state index contributed by atoms with van der Waals surface area (Å²) >= 11 is 0. The first-order valence-electron chi connectivity index (χ1n) is 8.17. The molecule has 0 aromatic rings. The molecule has 0 spiro atoms. The summed E-state index contributed by atoms with van der Waals surface area (Å²) in [5.41, 5.74) is -0.518. The van der Waals surface area contributed by atoms with Crippen LogP contribution in [0.4, 0.5) is 4.79 Å². The van der Waals surface area contributed by atoms with E-state index >= 15 is 0 Å². The quantitative estimate of drug-likeness (QED) is 0.747. The third-order valence-corrected chi connectivity index (χ3v) is 4.08. The number of ether oxygens (including phenoxy) is 1. The Kier molecular flexibility index (Phi) is 5.12. The topological polar surface area (TPSA) is 49.9 Å². The van der Waals surface area contributed by atoms with Gasteiger partial charge in [-0.1, -0.05) is 12.8 Å². The third kappa shape index (κ3) is 4.35. The van der Waals surface area contributed by atoms with Gasteiger partial charge in [0.2, 0.25) is 5.91 Å². The minimum Gasteiger partial charge on any atom is -0.444 e. The maximum absolute atomic E-state index is 12.7. The normalized spacial score (nSPS) is 23.9. The molecule has 2 heterocycles.